The van der Waals surface area contributed by atoms with Crippen LogP contribution in [0.1, 0.15) is 50.5 Å². The number of hydrogen-bond acceptors (Lipinski definition) is 3. The predicted molar refractivity (Wildman–Crippen MR) is 90.1 cm³/mol. The Morgan fingerprint density at radius 2 is 2.04 bits per heavy atom. The molecule has 0 amide bonds. The van der Waals surface area contributed by atoms with Gasteiger partial charge in [-0.15, -0.1) is 0 Å². The molecule has 2 aromatic rings. The second-order valence-electron chi connectivity index (χ2n) is 7.06. The van der Waals surface area contributed by atoms with Gasteiger partial charge in [-0.05, 0) is 68.1 Å². The van der Waals surface area contributed by atoms with Crippen molar-refractivity contribution in [1.82, 2.24) is 4.98 Å². The minimum Gasteiger partial charge on any atom is -0.466 e. The van der Waals surface area contributed by atoms with Crippen LogP contribution in [0.25, 0.3) is 10.9 Å². The number of carbonyl (C=O) groups excluding carboxylic acids is 1. The molecular weight excluding hydrogens is 286 g/mol. The maximum Gasteiger partial charge on any atom is 0.309 e. The van der Waals surface area contributed by atoms with Crippen LogP contribution in [0.2, 0.25) is 0 Å². The molecule has 1 heterocycles. The van der Waals surface area contributed by atoms with Crippen molar-refractivity contribution in [2.24, 2.45) is 11.3 Å². The van der Waals surface area contributed by atoms with E-state index < -0.39 is 0 Å². The molecule has 2 aliphatic carbocycles. The van der Waals surface area contributed by atoms with Gasteiger partial charge in [0.1, 0.15) is 0 Å². The van der Waals surface area contributed by atoms with Crippen LogP contribution in [0.3, 0.4) is 0 Å². The summed E-state index contributed by atoms with van der Waals surface area (Å²) in [5, 5.41) is 1.29. The van der Waals surface area contributed by atoms with Gasteiger partial charge in [0.25, 0.3) is 0 Å². The van der Waals surface area contributed by atoms with E-state index >= 15 is 0 Å². The lowest BCUT2D eigenvalue weighted by Crippen LogP contribution is -2.20. The molecule has 23 heavy (non-hydrogen) atoms. The fourth-order valence-corrected chi connectivity index (χ4v) is 4.45. The molecule has 4 rings (SSSR count). The molecule has 1 unspecified atom stereocenters. The summed E-state index contributed by atoms with van der Waals surface area (Å²) in [6, 6.07) is 10.6. The molecule has 0 saturated heterocycles. The van der Waals surface area contributed by atoms with E-state index in [1.54, 1.807) is 0 Å². The van der Waals surface area contributed by atoms with Gasteiger partial charge in [-0.25, -0.2) is 0 Å². The Morgan fingerprint density at radius 1 is 1.26 bits per heavy atom. The van der Waals surface area contributed by atoms with Gasteiger partial charge in [0, 0.05) is 11.6 Å². The topological polar surface area (TPSA) is 39.2 Å². The Labute approximate surface area is 137 Å². The molecule has 1 atom stereocenters. The fraction of sp³-hybridized carbons (Fsp3) is 0.500. The number of esters is 1. The van der Waals surface area contributed by atoms with Crippen LogP contribution in [0.5, 0.6) is 0 Å². The summed E-state index contributed by atoms with van der Waals surface area (Å²) in [6.07, 6.45) is 7.61. The zero-order valence-corrected chi connectivity index (χ0v) is 13.6. The Morgan fingerprint density at radius 3 is 2.83 bits per heavy atom. The third-order valence-corrected chi connectivity index (χ3v) is 5.86. The normalized spacial score (nSPS) is 29.6. The van der Waals surface area contributed by atoms with Crippen molar-refractivity contribution in [3.05, 3.63) is 42.1 Å². The second-order valence-corrected chi connectivity index (χ2v) is 7.06. The van der Waals surface area contributed by atoms with E-state index in [2.05, 4.69) is 29.2 Å². The third-order valence-electron chi connectivity index (χ3n) is 5.86. The summed E-state index contributed by atoms with van der Waals surface area (Å²) in [5.74, 6) is 0.787. The van der Waals surface area contributed by atoms with E-state index in [-0.39, 0.29) is 17.3 Å². The van der Waals surface area contributed by atoms with Gasteiger partial charge in [-0.3, -0.25) is 9.78 Å². The van der Waals surface area contributed by atoms with Gasteiger partial charge in [-0.2, -0.15) is 0 Å². The average molecular weight is 309 g/mol. The highest BCUT2D eigenvalue weighted by atomic mass is 16.5. The second kappa shape index (κ2) is 5.63. The first-order chi connectivity index (χ1) is 11.2. The van der Waals surface area contributed by atoms with E-state index in [1.807, 2.05) is 19.2 Å². The van der Waals surface area contributed by atoms with Crippen LogP contribution in [0.4, 0.5) is 0 Å². The van der Waals surface area contributed by atoms with Gasteiger partial charge in [-0.1, -0.05) is 18.2 Å². The number of ether oxygens (including phenoxy) is 1. The molecule has 2 saturated carbocycles. The number of para-hydroxylation sites is 1. The third kappa shape index (κ3) is 2.52. The highest BCUT2D eigenvalue weighted by Crippen LogP contribution is 2.63. The smallest absolute Gasteiger partial charge is 0.309 e. The van der Waals surface area contributed by atoms with Crippen LogP contribution in [-0.4, -0.2) is 17.6 Å². The Bertz CT molecular complexity index is 726. The quantitative estimate of drug-likeness (QED) is 0.786. The van der Waals surface area contributed by atoms with E-state index in [0.717, 1.165) is 24.8 Å². The molecular formula is C20H23NO2. The van der Waals surface area contributed by atoms with E-state index in [0.29, 0.717) is 12.5 Å². The van der Waals surface area contributed by atoms with Crippen molar-refractivity contribution >= 4 is 16.9 Å². The van der Waals surface area contributed by atoms with Gasteiger partial charge >= 0.3 is 5.97 Å². The SMILES string of the molecule is CCOC(=O)C1CC12CCC(c1ccnc3ccccc13)CC2. The van der Waals surface area contributed by atoms with Crippen molar-refractivity contribution in [3.8, 4) is 0 Å². The molecule has 120 valence electrons. The Balaban J connectivity index is 1.49. The maximum absolute atomic E-state index is 12.0. The van der Waals surface area contributed by atoms with Gasteiger partial charge in [0.05, 0.1) is 18.0 Å². The molecule has 1 aromatic heterocycles. The highest BCUT2D eigenvalue weighted by molar-refractivity contribution is 5.82. The molecule has 0 bridgehead atoms. The van der Waals surface area contributed by atoms with Crippen LogP contribution >= 0.6 is 0 Å². The minimum atomic E-state index is 0.0281. The molecule has 2 aliphatic rings. The number of nitrogens with zero attached hydrogens (tertiary/aromatic N) is 1. The predicted octanol–water partition coefficient (Wildman–Crippen LogP) is 4.46. The first kappa shape index (κ1) is 14.7. The first-order valence-electron chi connectivity index (χ1n) is 8.74. The number of pyridine rings is 1. The lowest BCUT2D eigenvalue weighted by atomic mass is 9.75. The zero-order valence-electron chi connectivity index (χ0n) is 13.6. The number of benzene rings is 1. The molecule has 3 nitrogen and oxygen atoms in total. The average Bonchev–Trinajstić information content (AvgIpc) is 3.29. The van der Waals surface area contributed by atoms with Crippen molar-refractivity contribution in [2.75, 3.05) is 6.61 Å². The molecule has 0 aliphatic heterocycles. The number of aromatic nitrogens is 1. The van der Waals surface area contributed by atoms with Crippen molar-refractivity contribution in [3.63, 3.8) is 0 Å². The standard InChI is InChI=1S/C20H23NO2/c1-2-23-19(22)17-13-20(17)10-7-14(8-11-20)15-9-12-21-18-6-4-3-5-16(15)18/h3-6,9,12,14,17H,2,7-8,10-11,13H2,1H3. The highest BCUT2D eigenvalue weighted by Gasteiger charge is 2.59. The number of hydrogen-bond donors (Lipinski definition) is 0. The van der Waals surface area contributed by atoms with Gasteiger partial charge < -0.3 is 4.74 Å². The van der Waals surface area contributed by atoms with Crippen LogP contribution in [0, 0.1) is 11.3 Å². The Kier molecular flexibility index (Phi) is 3.59. The number of rotatable bonds is 3. The molecule has 1 aromatic carbocycles. The van der Waals surface area contributed by atoms with E-state index in [1.165, 1.54) is 23.8 Å². The lowest BCUT2D eigenvalue weighted by Gasteiger charge is -2.30. The molecule has 3 heteroatoms. The lowest BCUT2D eigenvalue weighted by molar-refractivity contribution is -0.145. The zero-order chi connectivity index (χ0) is 15.9. The van der Waals surface area contributed by atoms with Crippen LogP contribution in [0.15, 0.2) is 36.5 Å². The molecule has 1 spiro atoms. The molecule has 0 N–H and O–H groups in total. The van der Waals surface area contributed by atoms with Crippen molar-refractivity contribution < 1.29 is 9.53 Å². The first-order valence-corrected chi connectivity index (χ1v) is 8.74. The van der Waals surface area contributed by atoms with Crippen LogP contribution < -0.4 is 0 Å². The van der Waals surface area contributed by atoms with Crippen LogP contribution in [-0.2, 0) is 9.53 Å². The summed E-state index contributed by atoms with van der Waals surface area (Å²) >= 11 is 0. The number of fused-ring (bicyclic) bond motifs is 1. The Hall–Kier alpha value is -1.90. The van der Waals surface area contributed by atoms with E-state index in [4.69, 9.17) is 4.74 Å². The van der Waals surface area contributed by atoms with Crippen molar-refractivity contribution in [2.45, 2.75) is 44.9 Å². The summed E-state index contributed by atoms with van der Waals surface area (Å²) < 4.78 is 5.22. The summed E-state index contributed by atoms with van der Waals surface area (Å²) in [6.45, 7) is 2.38. The number of carbonyl (C=O) groups is 1. The van der Waals surface area contributed by atoms with E-state index in [9.17, 15) is 4.79 Å². The van der Waals surface area contributed by atoms with Gasteiger partial charge in [0.2, 0.25) is 0 Å². The minimum absolute atomic E-state index is 0.0281. The largest absolute Gasteiger partial charge is 0.466 e. The fourth-order valence-electron chi connectivity index (χ4n) is 4.45. The summed E-state index contributed by atoms with van der Waals surface area (Å²) in [4.78, 5) is 16.4. The monoisotopic (exact) mass is 309 g/mol. The maximum atomic E-state index is 12.0. The van der Waals surface area contributed by atoms with Gasteiger partial charge in [0.15, 0.2) is 0 Å². The summed E-state index contributed by atoms with van der Waals surface area (Å²) in [5.41, 5.74) is 2.77. The van der Waals surface area contributed by atoms with Crippen molar-refractivity contribution in [1.29, 1.82) is 0 Å². The summed E-state index contributed by atoms with van der Waals surface area (Å²) in [7, 11) is 0. The molecule has 0 radical (unpaired) electrons. The molecule has 2 fully saturated rings.